The third kappa shape index (κ3) is 3.18. The van der Waals surface area contributed by atoms with Gasteiger partial charge in [0.05, 0.1) is 4.90 Å². The van der Waals surface area contributed by atoms with E-state index < -0.39 is 10.0 Å². The molecule has 0 spiro atoms. The Morgan fingerprint density at radius 1 is 1.05 bits per heavy atom. The van der Waals surface area contributed by atoms with Gasteiger partial charge in [-0.15, -0.1) is 0 Å². The van der Waals surface area contributed by atoms with E-state index in [1.165, 1.54) is 0 Å². The van der Waals surface area contributed by atoms with Crippen LogP contribution in [0.1, 0.15) is 18.1 Å². The maximum absolute atomic E-state index is 12.3. The summed E-state index contributed by atoms with van der Waals surface area (Å²) < 4.78 is 27.2. The summed E-state index contributed by atoms with van der Waals surface area (Å²) in [6.45, 7) is 2.35. The first-order chi connectivity index (χ1) is 9.56. The van der Waals surface area contributed by atoms with E-state index in [1.54, 1.807) is 36.4 Å². The van der Waals surface area contributed by atoms with Gasteiger partial charge in [-0.05, 0) is 41.8 Å². The maximum Gasteiger partial charge on any atom is 0.261 e. The van der Waals surface area contributed by atoms with Crippen LogP contribution in [0.2, 0.25) is 0 Å². The lowest BCUT2D eigenvalue weighted by atomic mass is 10.1. The number of benzene rings is 2. The monoisotopic (exact) mass is 290 g/mol. The van der Waals surface area contributed by atoms with Crippen LogP contribution in [0.25, 0.3) is 0 Å². The molecule has 106 valence electrons. The van der Waals surface area contributed by atoms with Crippen molar-refractivity contribution in [1.82, 2.24) is 0 Å². The van der Waals surface area contributed by atoms with Crippen LogP contribution in [0, 0.1) is 0 Å². The Labute approximate surface area is 119 Å². The van der Waals surface area contributed by atoms with Gasteiger partial charge in [-0.25, -0.2) is 8.42 Å². The van der Waals surface area contributed by atoms with Crippen molar-refractivity contribution in [2.45, 2.75) is 24.8 Å². The summed E-state index contributed by atoms with van der Waals surface area (Å²) >= 11 is 0. The molecule has 0 amide bonds. The van der Waals surface area contributed by atoms with E-state index >= 15 is 0 Å². The number of para-hydroxylation sites is 1. The molecular weight excluding hydrogens is 272 g/mol. The highest BCUT2D eigenvalue weighted by Gasteiger charge is 2.15. The fourth-order valence-electron chi connectivity index (χ4n) is 2.02. The summed E-state index contributed by atoms with van der Waals surface area (Å²) in [7, 11) is -3.58. The maximum atomic E-state index is 12.3. The van der Waals surface area contributed by atoms with Crippen molar-refractivity contribution in [3.8, 4) is 0 Å². The fourth-order valence-corrected chi connectivity index (χ4v) is 3.13. The molecule has 5 heteroatoms. The van der Waals surface area contributed by atoms with E-state index in [0.29, 0.717) is 12.2 Å². The van der Waals surface area contributed by atoms with Crippen molar-refractivity contribution in [2.75, 3.05) is 4.72 Å². The summed E-state index contributed by atoms with van der Waals surface area (Å²) in [5, 5.41) is 0. The Morgan fingerprint density at radius 2 is 1.75 bits per heavy atom. The average molecular weight is 290 g/mol. The molecule has 0 aliphatic heterocycles. The minimum atomic E-state index is -3.58. The molecule has 20 heavy (non-hydrogen) atoms. The van der Waals surface area contributed by atoms with Gasteiger partial charge in [-0.2, -0.15) is 0 Å². The van der Waals surface area contributed by atoms with Crippen LogP contribution in [-0.4, -0.2) is 8.42 Å². The number of nitrogens with one attached hydrogen (secondary N) is 1. The molecule has 0 bridgehead atoms. The number of nitrogens with two attached hydrogens (primary N) is 1. The van der Waals surface area contributed by atoms with E-state index in [0.717, 1.165) is 17.5 Å². The lowest BCUT2D eigenvalue weighted by Crippen LogP contribution is -2.14. The lowest BCUT2D eigenvalue weighted by molar-refractivity contribution is 0.601. The van der Waals surface area contributed by atoms with Crippen molar-refractivity contribution < 1.29 is 8.42 Å². The second-order valence-corrected chi connectivity index (χ2v) is 6.14. The molecule has 2 aromatic carbocycles. The lowest BCUT2D eigenvalue weighted by Gasteiger charge is -2.11. The van der Waals surface area contributed by atoms with Crippen molar-refractivity contribution >= 4 is 15.7 Å². The Kier molecular flexibility index (Phi) is 4.42. The number of sulfonamides is 1. The van der Waals surface area contributed by atoms with Crippen molar-refractivity contribution in [2.24, 2.45) is 5.73 Å². The molecule has 0 aromatic heterocycles. The van der Waals surface area contributed by atoms with Gasteiger partial charge in [0.2, 0.25) is 0 Å². The summed E-state index contributed by atoms with van der Waals surface area (Å²) in [6, 6.07) is 13.9. The van der Waals surface area contributed by atoms with Crippen molar-refractivity contribution in [3.63, 3.8) is 0 Å². The van der Waals surface area contributed by atoms with Crippen LogP contribution in [0.15, 0.2) is 53.4 Å². The van der Waals surface area contributed by atoms with Gasteiger partial charge < -0.3 is 5.73 Å². The summed E-state index contributed by atoms with van der Waals surface area (Å²) in [4.78, 5) is 0.235. The van der Waals surface area contributed by atoms with Gasteiger partial charge in [-0.3, -0.25) is 4.72 Å². The summed E-state index contributed by atoms with van der Waals surface area (Å²) in [5.41, 5.74) is 8.16. The molecule has 0 atom stereocenters. The first-order valence-electron chi connectivity index (χ1n) is 6.46. The number of anilines is 1. The molecule has 2 aromatic rings. The topological polar surface area (TPSA) is 72.2 Å². The molecule has 0 radical (unpaired) electrons. The minimum Gasteiger partial charge on any atom is -0.326 e. The molecule has 0 aliphatic carbocycles. The number of aryl methyl sites for hydroxylation is 1. The molecule has 0 saturated heterocycles. The number of rotatable bonds is 5. The van der Waals surface area contributed by atoms with E-state index in [2.05, 4.69) is 4.72 Å². The van der Waals surface area contributed by atoms with E-state index in [9.17, 15) is 8.42 Å². The SMILES string of the molecule is CCc1ccc(S(=O)(=O)Nc2ccccc2)cc1CN. The van der Waals surface area contributed by atoms with Crippen LogP contribution in [0.5, 0.6) is 0 Å². The molecular formula is C15H18N2O2S. The van der Waals surface area contributed by atoms with Crippen LogP contribution in [0.3, 0.4) is 0 Å². The van der Waals surface area contributed by atoms with Crippen LogP contribution >= 0.6 is 0 Å². The van der Waals surface area contributed by atoms with Crippen molar-refractivity contribution in [3.05, 3.63) is 59.7 Å². The second-order valence-electron chi connectivity index (χ2n) is 4.46. The summed E-state index contributed by atoms with van der Waals surface area (Å²) in [5.74, 6) is 0. The number of hydrogen-bond acceptors (Lipinski definition) is 3. The third-order valence-corrected chi connectivity index (χ3v) is 4.49. The predicted molar refractivity (Wildman–Crippen MR) is 81.0 cm³/mol. The quantitative estimate of drug-likeness (QED) is 0.888. The largest absolute Gasteiger partial charge is 0.326 e. The Hall–Kier alpha value is -1.85. The minimum absolute atomic E-state index is 0.235. The predicted octanol–water partition coefficient (Wildman–Crippen LogP) is 2.51. The highest BCUT2D eigenvalue weighted by atomic mass is 32.2. The highest BCUT2D eigenvalue weighted by Crippen LogP contribution is 2.19. The van der Waals surface area contributed by atoms with E-state index in [4.69, 9.17) is 5.73 Å². The standard InChI is InChI=1S/C15H18N2O2S/c1-2-12-8-9-15(10-13(12)11-16)20(18,19)17-14-6-4-3-5-7-14/h3-10,17H,2,11,16H2,1H3. The number of hydrogen-bond donors (Lipinski definition) is 2. The summed E-state index contributed by atoms with van der Waals surface area (Å²) in [6.07, 6.45) is 0.832. The Balaban J connectivity index is 2.35. The zero-order chi connectivity index (χ0) is 14.6. The second kappa shape index (κ2) is 6.07. The van der Waals surface area contributed by atoms with Gasteiger partial charge in [0, 0.05) is 12.2 Å². The molecule has 2 rings (SSSR count). The molecule has 3 N–H and O–H groups in total. The molecule has 0 unspecified atom stereocenters. The fraction of sp³-hybridized carbons (Fsp3) is 0.200. The third-order valence-electron chi connectivity index (χ3n) is 3.11. The van der Waals surface area contributed by atoms with Gasteiger partial charge in [0.1, 0.15) is 0 Å². The Morgan fingerprint density at radius 3 is 2.35 bits per heavy atom. The zero-order valence-corrected chi connectivity index (χ0v) is 12.2. The highest BCUT2D eigenvalue weighted by molar-refractivity contribution is 7.92. The van der Waals surface area contributed by atoms with Gasteiger partial charge >= 0.3 is 0 Å². The Bertz CT molecular complexity index is 682. The first kappa shape index (κ1) is 14.6. The van der Waals surface area contributed by atoms with Crippen LogP contribution < -0.4 is 10.5 Å². The van der Waals surface area contributed by atoms with Gasteiger partial charge in [-0.1, -0.05) is 31.2 Å². The van der Waals surface area contributed by atoms with Crippen molar-refractivity contribution in [1.29, 1.82) is 0 Å². The zero-order valence-electron chi connectivity index (χ0n) is 11.3. The average Bonchev–Trinajstić information content (AvgIpc) is 2.47. The van der Waals surface area contributed by atoms with Crippen LogP contribution in [-0.2, 0) is 23.0 Å². The van der Waals surface area contributed by atoms with Crippen LogP contribution in [0.4, 0.5) is 5.69 Å². The smallest absolute Gasteiger partial charge is 0.261 e. The van der Waals surface area contributed by atoms with E-state index in [-0.39, 0.29) is 4.90 Å². The molecule has 4 nitrogen and oxygen atoms in total. The molecule has 0 aliphatic rings. The van der Waals surface area contributed by atoms with Gasteiger partial charge in [0.15, 0.2) is 0 Å². The molecule has 0 heterocycles. The van der Waals surface area contributed by atoms with Gasteiger partial charge in [0.25, 0.3) is 10.0 Å². The first-order valence-corrected chi connectivity index (χ1v) is 7.95. The normalized spacial score (nSPS) is 11.3. The molecule has 0 fully saturated rings. The molecule has 0 saturated carbocycles. The van der Waals surface area contributed by atoms with E-state index in [1.807, 2.05) is 19.1 Å².